The Labute approximate surface area is 58.9 Å². The third-order valence-corrected chi connectivity index (χ3v) is 2.50. The minimum Gasteiger partial charge on any atom is -0.306 e. The summed E-state index contributed by atoms with van der Waals surface area (Å²) in [5.41, 5.74) is 0.0135. The Balaban J connectivity index is 3.71. The van der Waals surface area contributed by atoms with Crippen molar-refractivity contribution in [1.29, 1.82) is 0 Å². The van der Waals surface area contributed by atoms with Crippen LogP contribution in [-0.4, -0.2) is 14.5 Å². The Kier molecular flexibility index (Phi) is 3.36. The molecule has 0 radical (unpaired) electrons. The summed E-state index contributed by atoms with van der Waals surface area (Å²) in [5, 5.41) is 0. The van der Waals surface area contributed by atoms with E-state index in [0.29, 0.717) is 5.75 Å². The average molecular weight is 150 g/mol. The summed E-state index contributed by atoms with van der Waals surface area (Å²) < 4.78 is 18.8. The van der Waals surface area contributed by atoms with Crippen LogP contribution in [0.2, 0.25) is 0 Å². The number of hydrogen-bond donors (Lipinski definition) is 1. The van der Waals surface area contributed by atoms with E-state index in [1.807, 2.05) is 20.8 Å². The van der Waals surface area contributed by atoms with Crippen LogP contribution in [0.15, 0.2) is 0 Å². The lowest BCUT2D eigenvalue weighted by molar-refractivity contribution is 0.393. The van der Waals surface area contributed by atoms with Crippen LogP contribution in [-0.2, 0) is 11.1 Å². The first-order chi connectivity index (χ1) is 3.98. The van der Waals surface area contributed by atoms with Crippen LogP contribution in [0.1, 0.15) is 27.2 Å². The van der Waals surface area contributed by atoms with Crippen LogP contribution in [0, 0.1) is 5.41 Å². The third kappa shape index (κ3) is 4.60. The number of hydrogen-bond acceptors (Lipinski definition) is 1. The minimum atomic E-state index is -1.63. The molecule has 0 aromatic rings. The Hall–Kier alpha value is 0.110. The monoisotopic (exact) mass is 150 g/mol. The van der Waals surface area contributed by atoms with Gasteiger partial charge in [0.2, 0.25) is 0 Å². The maximum atomic E-state index is 10.3. The van der Waals surface area contributed by atoms with Crippen LogP contribution in [0.25, 0.3) is 0 Å². The van der Waals surface area contributed by atoms with Crippen molar-refractivity contribution >= 4 is 11.1 Å². The molecule has 56 valence electrons. The molecule has 0 saturated heterocycles. The largest absolute Gasteiger partial charge is 0.306 e. The van der Waals surface area contributed by atoms with Crippen LogP contribution >= 0.6 is 0 Å². The molecule has 0 aromatic carbocycles. The third-order valence-electron chi connectivity index (χ3n) is 1.47. The van der Waals surface area contributed by atoms with Gasteiger partial charge in [-0.1, -0.05) is 27.2 Å². The van der Waals surface area contributed by atoms with Crippen LogP contribution in [0.3, 0.4) is 0 Å². The lowest BCUT2D eigenvalue weighted by Crippen LogP contribution is -2.18. The second-order valence-electron chi connectivity index (χ2n) is 2.98. The molecule has 2 nitrogen and oxygen atoms in total. The lowest BCUT2D eigenvalue weighted by Gasteiger charge is -2.19. The molecule has 0 spiro atoms. The van der Waals surface area contributed by atoms with Crippen molar-refractivity contribution in [2.45, 2.75) is 27.2 Å². The van der Waals surface area contributed by atoms with E-state index in [0.717, 1.165) is 6.42 Å². The molecule has 1 N–H and O–H groups in total. The van der Waals surface area contributed by atoms with Gasteiger partial charge < -0.3 is 4.55 Å². The van der Waals surface area contributed by atoms with Crippen molar-refractivity contribution in [3.05, 3.63) is 0 Å². The van der Waals surface area contributed by atoms with E-state index in [2.05, 4.69) is 0 Å². The first kappa shape index (κ1) is 9.11. The Bertz CT molecular complexity index is 110. The van der Waals surface area contributed by atoms with E-state index < -0.39 is 11.1 Å². The quantitative estimate of drug-likeness (QED) is 0.621. The maximum Gasteiger partial charge on any atom is 0.153 e. The molecule has 0 aliphatic carbocycles. The van der Waals surface area contributed by atoms with E-state index >= 15 is 0 Å². The minimum absolute atomic E-state index is 0.0135. The van der Waals surface area contributed by atoms with Gasteiger partial charge in [-0.05, 0) is 5.41 Å². The van der Waals surface area contributed by atoms with Crippen LogP contribution < -0.4 is 0 Å². The molecular formula is C6H14O2S. The number of rotatable bonds is 3. The van der Waals surface area contributed by atoms with Crippen LogP contribution in [0.5, 0.6) is 0 Å². The standard InChI is InChI=1S/C6H14O2S/c1-4-6(2,3)5-9(7)8/h4-5H2,1-3H3,(H,7,8). The molecule has 0 rings (SSSR count). The van der Waals surface area contributed by atoms with E-state index in [1.54, 1.807) is 0 Å². The van der Waals surface area contributed by atoms with Crippen molar-refractivity contribution in [2.24, 2.45) is 5.41 Å². The molecule has 0 saturated carbocycles. The second-order valence-corrected chi connectivity index (χ2v) is 3.92. The molecule has 9 heavy (non-hydrogen) atoms. The van der Waals surface area contributed by atoms with Crippen molar-refractivity contribution < 1.29 is 8.76 Å². The van der Waals surface area contributed by atoms with Gasteiger partial charge in [0.25, 0.3) is 0 Å². The predicted molar refractivity (Wildman–Crippen MR) is 39.7 cm³/mol. The van der Waals surface area contributed by atoms with Crippen molar-refractivity contribution in [2.75, 3.05) is 5.75 Å². The van der Waals surface area contributed by atoms with Gasteiger partial charge in [0, 0.05) is 0 Å². The lowest BCUT2D eigenvalue weighted by atomic mass is 9.93. The zero-order valence-corrected chi connectivity index (χ0v) is 6.99. The molecule has 0 aromatic heterocycles. The van der Waals surface area contributed by atoms with E-state index in [-0.39, 0.29) is 5.41 Å². The summed E-state index contributed by atoms with van der Waals surface area (Å²) in [5.74, 6) is 0.378. The summed E-state index contributed by atoms with van der Waals surface area (Å²) in [6, 6.07) is 0. The molecule has 0 aliphatic heterocycles. The highest BCUT2D eigenvalue weighted by Gasteiger charge is 2.17. The van der Waals surface area contributed by atoms with Gasteiger partial charge >= 0.3 is 0 Å². The molecule has 1 unspecified atom stereocenters. The highest BCUT2D eigenvalue weighted by molar-refractivity contribution is 7.79. The fraction of sp³-hybridized carbons (Fsp3) is 1.00. The smallest absolute Gasteiger partial charge is 0.153 e. The SMILES string of the molecule is CCC(C)(C)CS(=O)O. The van der Waals surface area contributed by atoms with E-state index in [9.17, 15) is 4.21 Å². The summed E-state index contributed by atoms with van der Waals surface area (Å²) in [6.45, 7) is 6.00. The van der Waals surface area contributed by atoms with Crippen molar-refractivity contribution in [3.8, 4) is 0 Å². The average Bonchev–Trinajstić information content (AvgIpc) is 1.63. The topological polar surface area (TPSA) is 37.3 Å². The summed E-state index contributed by atoms with van der Waals surface area (Å²) in [4.78, 5) is 0. The molecule has 1 atom stereocenters. The van der Waals surface area contributed by atoms with Gasteiger partial charge in [0.1, 0.15) is 0 Å². The maximum absolute atomic E-state index is 10.3. The fourth-order valence-corrected chi connectivity index (χ4v) is 1.31. The second kappa shape index (κ2) is 3.32. The Morgan fingerprint density at radius 3 is 2.11 bits per heavy atom. The van der Waals surface area contributed by atoms with Gasteiger partial charge in [-0.2, -0.15) is 0 Å². The molecular weight excluding hydrogens is 136 g/mol. The summed E-state index contributed by atoms with van der Waals surface area (Å²) in [6.07, 6.45) is 0.944. The normalized spacial score (nSPS) is 15.6. The predicted octanol–water partition coefficient (Wildman–Crippen LogP) is 1.64. The van der Waals surface area contributed by atoms with E-state index in [4.69, 9.17) is 4.55 Å². The fourth-order valence-electron chi connectivity index (χ4n) is 0.436. The molecule has 0 heterocycles. The summed E-state index contributed by atoms with van der Waals surface area (Å²) in [7, 11) is 0. The Morgan fingerprint density at radius 1 is 1.56 bits per heavy atom. The Morgan fingerprint density at radius 2 is 2.00 bits per heavy atom. The van der Waals surface area contributed by atoms with Gasteiger partial charge in [-0.3, -0.25) is 0 Å². The molecule has 0 aliphatic rings. The molecule has 3 heteroatoms. The van der Waals surface area contributed by atoms with Crippen molar-refractivity contribution in [1.82, 2.24) is 0 Å². The van der Waals surface area contributed by atoms with Crippen molar-refractivity contribution in [3.63, 3.8) is 0 Å². The van der Waals surface area contributed by atoms with Gasteiger partial charge in [-0.25, -0.2) is 4.21 Å². The highest BCUT2D eigenvalue weighted by Crippen LogP contribution is 2.19. The first-order valence-corrected chi connectivity index (χ1v) is 4.33. The van der Waals surface area contributed by atoms with Gasteiger partial charge in [-0.15, -0.1) is 0 Å². The first-order valence-electron chi connectivity index (χ1n) is 3.05. The highest BCUT2D eigenvalue weighted by atomic mass is 32.2. The van der Waals surface area contributed by atoms with Gasteiger partial charge in [0.05, 0.1) is 5.75 Å². The molecule has 0 bridgehead atoms. The molecule has 0 amide bonds. The van der Waals surface area contributed by atoms with Crippen LogP contribution in [0.4, 0.5) is 0 Å². The summed E-state index contributed by atoms with van der Waals surface area (Å²) >= 11 is -1.63. The van der Waals surface area contributed by atoms with E-state index in [1.165, 1.54) is 0 Å². The van der Waals surface area contributed by atoms with Gasteiger partial charge in [0.15, 0.2) is 11.1 Å². The zero-order valence-electron chi connectivity index (χ0n) is 6.18. The molecule has 0 fully saturated rings. The zero-order chi connectivity index (χ0) is 7.49.